The molecule has 4 nitrogen and oxygen atoms in total. The molecule has 24 heavy (non-hydrogen) atoms. The van der Waals surface area contributed by atoms with Gasteiger partial charge in [-0.05, 0) is 30.5 Å². The number of hydrogen-bond acceptors (Lipinski definition) is 6. The number of hydrogen-bond donors (Lipinski definition) is 0. The molecule has 3 aromatic rings. The van der Waals surface area contributed by atoms with Crippen molar-refractivity contribution >= 4 is 38.4 Å². The van der Waals surface area contributed by atoms with Crippen molar-refractivity contribution in [2.24, 2.45) is 0 Å². The zero-order valence-corrected chi connectivity index (χ0v) is 15.3. The van der Waals surface area contributed by atoms with Crippen LogP contribution < -0.4 is 4.90 Å². The normalized spacial score (nSPS) is 16.0. The summed E-state index contributed by atoms with van der Waals surface area (Å²) in [5, 5.41) is 1.16. The molecule has 2 aromatic heterocycles. The summed E-state index contributed by atoms with van der Waals surface area (Å²) in [6, 6.07) is 12.6. The predicted molar refractivity (Wildman–Crippen MR) is 103 cm³/mol. The van der Waals surface area contributed by atoms with Gasteiger partial charge in [-0.25, -0.2) is 4.98 Å². The van der Waals surface area contributed by atoms with Gasteiger partial charge in [0.05, 0.1) is 15.9 Å². The van der Waals surface area contributed by atoms with Crippen LogP contribution in [0, 0.1) is 0 Å². The van der Waals surface area contributed by atoms with Crippen LogP contribution in [0.3, 0.4) is 0 Å². The van der Waals surface area contributed by atoms with E-state index in [1.807, 2.05) is 23.6 Å². The van der Waals surface area contributed by atoms with Gasteiger partial charge in [0.1, 0.15) is 0 Å². The molecule has 1 saturated heterocycles. The number of anilines is 1. The fourth-order valence-electron chi connectivity index (χ4n) is 3.03. The highest BCUT2D eigenvalue weighted by Crippen LogP contribution is 2.34. The average molecular weight is 357 g/mol. The van der Waals surface area contributed by atoms with Crippen molar-refractivity contribution in [1.82, 2.24) is 14.9 Å². The summed E-state index contributed by atoms with van der Waals surface area (Å²) < 4.78 is 1.28. The van der Waals surface area contributed by atoms with E-state index in [1.165, 1.54) is 9.60 Å². The van der Waals surface area contributed by atoms with Gasteiger partial charge in [-0.15, -0.1) is 11.8 Å². The molecule has 0 bridgehead atoms. The molecule has 1 aromatic carbocycles. The van der Waals surface area contributed by atoms with E-state index in [0.29, 0.717) is 0 Å². The van der Waals surface area contributed by atoms with Crippen LogP contribution in [-0.2, 0) is 6.54 Å². The monoisotopic (exact) mass is 356 g/mol. The van der Waals surface area contributed by atoms with Crippen LogP contribution in [0.4, 0.5) is 5.13 Å². The third kappa shape index (κ3) is 3.27. The Morgan fingerprint density at radius 1 is 1.08 bits per heavy atom. The number of pyridine rings is 1. The predicted octanol–water partition coefficient (Wildman–Crippen LogP) is 3.74. The minimum Gasteiger partial charge on any atom is -0.345 e. The third-order valence-electron chi connectivity index (χ3n) is 4.35. The number of thiazole rings is 1. The Morgan fingerprint density at radius 2 is 1.96 bits per heavy atom. The van der Waals surface area contributed by atoms with Gasteiger partial charge in [-0.1, -0.05) is 23.5 Å². The van der Waals surface area contributed by atoms with Gasteiger partial charge in [0.2, 0.25) is 0 Å². The van der Waals surface area contributed by atoms with Crippen LogP contribution in [0.15, 0.2) is 47.5 Å². The fourth-order valence-corrected chi connectivity index (χ4v) is 4.70. The van der Waals surface area contributed by atoms with Crippen molar-refractivity contribution in [1.29, 1.82) is 0 Å². The molecule has 1 fully saturated rings. The number of nitrogens with zero attached hydrogens (tertiary/aromatic N) is 4. The second kappa shape index (κ2) is 7.09. The Labute approximate surface area is 150 Å². The second-order valence-electron chi connectivity index (χ2n) is 5.89. The highest BCUT2D eigenvalue weighted by atomic mass is 32.2. The van der Waals surface area contributed by atoms with Gasteiger partial charge in [-0.2, -0.15) is 0 Å². The van der Waals surface area contributed by atoms with Gasteiger partial charge in [0, 0.05) is 43.8 Å². The van der Waals surface area contributed by atoms with Crippen molar-refractivity contribution in [2.75, 3.05) is 37.3 Å². The maximum atomic E-state index is 4.91. The molecule has 1 aliphatic heterocycles. The number of fused-ring (bicyclic) bond motifs is 1. The Balaban J connectivity index is 1.44. The number of benzene rings is 1. The first-order chi connectivity index (χ1) is 11.8. The lowest BCUT2D eigenvalue weighted by molar-refractivity contribution is 0.247. The zero-order valence-electron chi connectivity index (χ0n) is 13.7. The SMILES string of the molecule is CSc1cccc2sc(N3CCN(Cc4ccccn4)CC3)nc12. The number of piperazine rings is 1. The largest absolute Gasteiger partial charge is 0.345 e. The van der Waals surface area contributed by atoms with Crippen molar-refractivity contribution in [3.8, 4) is 0 Å². The van der Waals surface area contributed by atoms with E-state index in [9.17, 15) is 0 Å². The van der Waals surface area contributed by atoms with E-state index < -0.39 is 0 Å². The lowest BCUT2D eigenvalue weighted by atomic mass is 10.3. The minimum absolute atomic E-state index is 0.936. The van der Waals surface area contributed by atoms with Gasteiger partial charge >= 0.3 is 0 Å². The van der Waals surface area contributed by atoms with Gasteiger partial charge < -0.3 is 4.90 Å². The van der Waals surface area contributed by atoms with E-state index >= 15 is 0 Å². The highest BCUT2D eigenvalue weighted by Gasteiger charge is 2.20. The van der Waals surface area contributed by atoms with Gasteiger partial charge in [0.15, 0.2) is 5.13 Å². The van der Waals surface area contributed by atoms with Crippen LogP contribution in [0.25, 0.3) is 10.2 Å². The van der Waals surface area contributed by atoms with Gasteiger partial charge in [0.25, 0.3) is 0 Å². The molecule has 124 valence electrons. The van der Waals surface area contributed by atoms with Crippen LogP contribution in [0.2, 0.25) is 0 Å². The Kier molecular flexibility index (Phi) is 4.69. The summed E-state index contributed by atoms with van der Waals surface area (Å²) in [6.07, 6.45) is 3.99. The number of thioether (sulfide) groups is 1. The standard InChI is InChI=1S/C18H20N4S2/c1-23-15-6-4-7-16-17(15)20-18(24-16)22-11-9-21(10-12-22)13-14-5-2-3-8-19-14/h2-8H,9-13H2,1H3. The molecule has 0 radical (unpaired) electrons. The molecule has 0 unspecified atom stereocenters. The van der Waals surface area contributed by atoms with Crippen molar-refractivity contribution in [3.63, 3.8) is 0 Å². The molecule has 1 aliphatic rings. The lowest BCUT2D eigenvalue weighted by Crippen LogP contribution is -2.46. The molecule has 6 heteroatoms. The smallest absolute Gasteiger partial charge is 0.186 e. The first-order valence-corrected chi connectivity index (χ1v) is 10.2. The van der Waals surface area contributed by atoms with Crippen molar-refractivity contribution < 1.29 is 0 Å². The summed E-state index contributed by atoms with van der Waals surface area (Å²) >= 11 is 3.58. The summed E-state index contributed by atoms with van der Waals surface area (Å²) in [4.78, 5) is 15.5. The molecular formula is C18H20N4S2. The van der Waals surface area contributed by atoms with E-state index in [4.69, 9.17) is 4.98 Å². The highest BCUT2D eigenvalue weighted by molar-refractivity contribution is 7.98. The average Bonchev–Trinajstić information content (AvgIpc) is 3.07. The van der Waals surface area contributed by atoms with Crippen molar-refractivity contribution in [3.05, 3.63) is 48.3 Å². The second-order valence-corrected chi connectivity index (χ2v) is 7.74. The zero-order chi connectivity index (χ0) is 16.4. The Morgan fingerprint density at radius 3 is 2.71 bits per heavy atom. The molecule has 0 N–H and O–H groups in total. The summed E-state index contributed by atoms with van der Waals surface area (Å²) in [7, 11) is 0. The number of rotatable bonds is 4. The number of aromatic nitrogens is 2. The van der Waals surface area contributed by atoms with E-state index in [0.717, 1.165) is 49.1 Å². The summed E-state index contributed by atoms with van der Waals surface area (Å²) in [6.45, 7) is 5.11. The van der Waals surface area contributed by atoms with E-state index in [2.05, 4.69) is 51.4 Å². The number of para-hydroxylation sites is 1. The molecule has 0 amide bonds. The van der Waals surface area contributed by atoms with E-state index in [-0.39, 0.29) is 0 Å². The molecule has 0 saturated carbocycles. The molecule has 0 atom stereocenters. The summed E-state index contributed by atoms with van der Waals surface area (Å²) in [5.41, 5.74) is 2.30. The van der Waals surface area contributed by atoms with Crippen molar-refractivity contribution in [2.45, 2.75) is 11.4 Å². The van der Waals surface area contributed by atoms with Crippen LogP contribution in [0.1, 0.15) is 5.69 Å². The minimum atomic E-state index is 0.936. The Bertz CT molecular complexity index is 810. The molecule has 0 aliphatic carbocycles. The quantitative estimate of drug-likeness (QED) is 0.665. The summed E-state index contributed by atoms with van der Waals surface area (Å²) in [5.74, 6) is 0. The lowest BCUT2D eigenvalue weighted by Gasteiger charge is -2.34. The van der Waals surface area contributed by atoms with Crippen LogP contribution in [0.5, 0.6) is 0 Å². The topological polar surface area (TPSA) is 32.3 Å². The fraction of sp³-hybridized carbons (Fsp3) is 0.333. The van der Waals surface area contributed by atoms with Gasteiger partial charge in [-0.3, -0.25) is 9.88 Å². The molecule has 0 spiro atoms. The molecular weight excluding hydrogens is 336 g/mol. The maximum absolute atomic E-state index is 4.91. The van der Waals surface area contributed by atoms with Crippen LogP contribution >= 0.6 is 23.1 Å². The Hall–Kier alpha value is -1.63. The maximum Gasteiger partial charge on any atom is 0.186 e. The molecule has 4 rings (SSSR count). The first-order valence-electron chi connectivity index (χ1n) is 8.14. The molecule has 3 heterocycles. The van der Waals surface area contributed by atoms with E-state index in [1.54, 1.807) is 11.8 Å². The van der Waals surface area contributed by atoms with Crippen LogP contribution in [-0.4, -0.2) is 47.3 Å². The first kappa shape index (κ1) is 15.9. The third-order valence-corrected chi connectivity index (χ3v) is 6.20.